The van der Waals surface area contributed by atoms with Crippen molar-refractivity contribution in [2.75, 3.05) is 0 Å². The Balaban J connectivity index is 1.83. The second-order valence-corrected chi connectivity index (χ2v) is 7.40. The summed E-state index contributed by atoms with van der Waals surface area (Å²) in [5, 5.41) is 0. The van der Waals surface area contributed by atoms with Crippen molar-refractivity contribution in [1.29, 1.82) is 0 Å². The monoisotopic (exact) mass is 380 g/mol. The molecule has 0 aliphatic carbocycles. The van der Waals surface area contributed by atoms with Gasteiger partial charge in [-0.25, -0.2) is 4.98 Å². The molecule has 1 N–H and O–H groups in total. The zero-order chi connectivity index (χ0) is 18.8. The molecule has 1 unspecified atom stereocenters. The lowest BCUT2D eigenvalue weighted by atomic mass is 10.1. The summed E-state index contributed by atoms with van der Waals surface area (Å²) in [7, 11) is 0. The van der Waals surface area contributed by atoms with Crippen molar-refractivity contribution < 1.29 is 12.9 Å². The van der Waals surface area contributed by atoms with E-state index in [0.29, 0.717) is 5.75 Å². The number of imidazole rings is 1. The molecule has 1 aromatic carbocycles. The Morgan fingerprint density at radius 3 is 2.31 bits per heavy atom. The Bertz CT molecular complexity index is 700. The largest absolute Gasteiger partial charge is 0.380 e. The van der Waals surface area contributed by atoms with Gasteiger partial charge in [-0.05, 0) is 25.5 Å². The van der Waals surface area contributed by atoms with E-state index >= 15 is 0 Å². The minimum absolute atomic E-state index is 0.369. The molecule has 0 radical (unpaired) electrons. The van der Waals surface area contributed by atoms with Crippen molar-refractivity contribution in [2.24, 2.45) is 0 Å². The molecule has 26 heavy (non-hydrogen) atoms. The average molecular weight is 381 g/mol. The molecule has 0 amide bonds. The molecular weight excluding hydrogens is 348 g/mol. The van der Waals surface area contributed by atoms with E-state index < -0.39 is 11.4 Å². The van der Waals surface area contributed by atoms with E-state index in [1.54, 1.807) is 12.1 Å². The van der Waals surface area contributed by atoms with E-state index in [1.165, 1.54) is 51.4 Å². The van der Waals surface area contributed by atoms with Gasteiger partial charge in [0.1, 0.15) is 11.6 Å². The number of hydrogen-bond acceptors (Lipinski definition) is 3. The van der Waals surface area contributed by atoms with E-state index in [0.717, 1.165) is 36.2 Å². The third-order valence-electron chi connectivity index (χ3n) is 4.79. The summed E-state index contributed by atoms with van der Waals surface area (Å²) in [4.78, 5) is 4.72. The Morgan fingerprint density at radius 1 is 1.04 bits per heavy atom. The summed E-state index contributed by atoms with van der Waals surface area (Å²) in [6.45, 7) is 5.24. The molecule has 0 aliphatic heterocycles. The first-order valence-electron chi connectivity index (χ1n) is 9.94. The molecule has 146 valence electrons. The molecule has 1 atom stereocenters. The molecule has 6 heteroatoms. The smallest absolute Gasteiger partial charge is 0.357 e. The third-order valence-corrected chi connectivity index (χ3v) is 5.12. The number of aromatic nitrogens is 2. The molecular formula is C20H32N2O3S. The molecule has 0 fully saturated rings. The minimum Gasteiger partial charge on any atom is -0.380 e. The molecule has 1 aromatic heterocycles. The zero-order valence-electron chi connectivity index (χ0n) is 16.1. The van der Waals surface area contributed by atoms with E-state index in [9.17, 15) is 4.21 Å². The van der Waals surface area contributed by atoms with Crippen molar-refractivity contribution in [1.82, 2.24) is 9.55 Å². The molecule has 1 heterocycles. The van der Waals surface area contributed by atoms with Crippen molar-refractivity contribution in [3.05, 3.63) is 24.0 Å². The molecule has 0 saturated carbocycles. The first-order valence-corrected chi connectivity index (χ1v) is 11.0. The summed E-state index contributed by atoms with van der Waals surface area (Å²) < 4.78 is 26.7. The Hall–Kier alpha value is -1.40. The molecule has 2 aromatic rings. The van der Waals surface area contributed by atoms with Crippen LogP contribution < -0.4 is 4.18 Å². The lowest BCUT2D eigenvalue weighted by Crippen LogP contribution is -2.02. The third kappa shape index (κ3) is 6.40. The zero-order valence-corrected chi connectivity index (χ0v) is 16.9. The normalized spacial score (nSPS) is 12.6. The van der Waals surface area contributed by atoms with Gasteiger partial charge in [0.2, 0.25) is 0 Å². The maximum Gasteiger partial charge on any atom is 0.357 e. The predicted octanol–water partition coefficient (Wildman–Crippen LogP) is 5.65. The highest BCUT2D eigenvalue weighted by Crippen LogP contribution is 2.23. The first kappa shape index (κ1) is 20.9. The highest BCUT2D eigenvalue weighted by atomic mass is 32.2. The van der Waals surface area contributed by atoms with E-state index in [-0.39, 0.29) is 0 Å². The second-order valence-electron chi connectivity index (χ2n) is 6.80. The van der Waals surface area contributed by atoms with Gasteiger partial charge in [0, 0.05) is 19.0 Å². The predicted molar refractivity (Wildman–Crippen MR) is 108 cm³/mol. The van der Waals surface area contributed by atoms with Gasteiger partial charge in [0.05, 0.1) is 11.0 Å². The van der Waals surface area contributed by atoms with Crippen LogP contribution >= 0.6 is 0 Å². The standard InChI is InChI=1S/C20H32N2O3S/c1-3-5-6-7-8-9-10-11-12-13-20-21-18-16-17(25-26(23)24)14-15-19(18)22(20)4-2/h14-16H,3-13H2,1-2H3,(H,23,24). The highest BCUT2D eigenvalue weighted by Gasteiger charge is 2.11. The first-order chi connectivity index (χ1) is 12.7. The van der Waals surface area contributed by atoms with Crippen LogP contribution in [0.25, 0.3) is 11.0 Å². The van der Waals surface area contributed by atoms with Crippen LogP contribution in [0.2, 0.25) is 0 Å². The van der Waals surface area contributed by atoms with Gasteiger partial charge in [-0.3, -0.25) is 4.55 Å². The van der Waals surface area contributed by atoms with Crippen molar-refractivity contribution in [3.63, 3.8) is 0 Å². The fourth-order valence-corrected chi connectivity index (χ4v) is 3.70. The van der Waals surface area contributed by atoms with Gasteiger partial charge < -0.3 is 8.75 Å². The fraction of sp³-hybridized carbons (Fsp3) is 0.650. The number of aryl methyl sites for hydroxylation is 2. The molecule has 0 saturated heterocycles. The average Bonchev–Trinajstić information content (AvgIpc) is 2.96. The van der Waals surface area contributed by atoms with E-state index in [1.807, 2.05) is 6.07 Å². The lowest BCUT2D eigenvalue weighted by molar-refractivity contribution is 0.458. The topological polar surface area (TPSA) is 64.3 Å². The molecule has 0 bridgehead atoms. The van der Waals surface area contributed by atoms with Crippen LogP contribution in [0.1, 0.15) is 77.5 Å². The number of unbranched alkanes of at least 4 members (excludes halogenated alkanes) is 8. The van der Waals surface area contributed by atoms with Crippen LogP contribution in [0, 0.1) is 0 Å². The fourth-order valence-electron chi connectivity index (χ4n) is 3.43. The molecule has 0 spiro atoms. The number of benzene rings is 1. The van der Waals surface area contributed by atoms with Crippen LogP contribution in [-0.2, 0) is 24.3 Å². The van der Waals surface area contributed by atoms with Crippen LogP contribution in [0.5, 0.6) is 5.75 Å². The number of nitrogens with zero attached hydrogens (tertiary/aromatic N) is 2. The summed E-state index contributed by atoms with van der Waals surface area (Å²) in [6, 6.07) is 5.36. The van der Waals surface area contributed by atoms with Gasteiger partial charge in [-0.2, -0.15) is 4.21 Å². The maximum absolute atomic E-state index is 10.8. The highest BCUT2D eigenvalue weighted by molar-refractivity contribution is 7.74. The molecule has 0 aliphatic rings. The van der Waals surface area contributed by atoms with E-state index in [2.05, 4.69) is 18.4 Å². The Labute approximate surface area is 159 Å². The van der Waals surface area contributed by atoms with Crippen molar-refractivity contribution in [2.45, 2.75) is 84.6 Å². The van der Waals surface area contributed by atoms with Gasteiger partial charge in [0.25, 0.3) is 0 Å². The quantitative estimate of drug-likeness (QED) is 0.360. The van der Waals surface area contributed by atoms with Gasteiger partial charge >= 0.3 is 11.4 Å². The van der Waals surface area contributed by atoms with E-state index in [4.69, 9.17) is 13.7 Å². The minimum atomic E-state index is -2.31. The Kier molecular flexibility index (Phi) is 9.12. The Morgan fingerprint density at radius 2 is 1.69 bits per heavy atom. The van der Waals surface area contributed by atoms with Crippen LogP contribution in [-0.4, -0.2) is 18.3 Å². The summed E-state index contributed by atoms with van der Waals surface area (Å²) in [6.07, 6.45) is 12.8. The van der Waals surface area contributed by atoms with Crippen LogP contribution in [0.3, 0.4) is 0 Å². The van der Waals surface area contributed by atoms with Crippen molar-refractivity contribution in [3.8, 4) is 5.75 Å². The maximum atomic E-state index is 10.8. The summed E-state index contributed by atoms with van der Waals surface area (Å²) in [5.74, 6) is 1.46. The van der Waals surface area contributed by atoms with Gasteiger partial charge in [-0.1, -0.05) is 58.3 Å². The van der Waals surface area contributed by atoms with Crippen LogP contribution in [0.15, 0.2) is 18.2 Å². The number of fused-ring (bicyclic) bond motifs is 1. The summed E-state index contributed by atoms with van der Waals surface area (Å²) in [5.41, 5.74) is 1.87. The lowest BCUT2D eigenvalue weighted by Gasteiger charge is -2.06. The molecule has 5 nitrogen and oxygen atoms in total. The van der Waals surface area contributed by atoms with Crippen LogP contribution in [0.4, 0.5) is 0 Å². The number of rotatable bonds is 13. The SMILES string of the molecule is CCCCCCCCCCCc1nc2cc(OS(=O)O)ccc2n1CC. The van der Waals surface area contributed by atoms with Crippen molar-refractivity contribution >= 4 is 22.4 Å². The van der Waals surface area contributed by atoms with Gasteiger partial charge in [-0.15, -0.1) is 0 Å². The summed E-state index contributed by atoms with van der Waals surface area (Å²) >= 11 is -2.31. The molecule has 2 rings (SSSR count). The van der Waals surface area contributed by atoms with Gasteiger partial charge in [0.15, 0.2) is 0 Å². The second kappa shape index (κ2) is 11.3. The number of hydrogen-bond donors (Lipinski definition) is 1.